The molecular formula is C22H22ClFN4O2. The molecule has 0 bridgehead atoms. The van der Waals surface area contributed by atoms with E-state index in [0.29, 0.717) is 49.3 Å². The smallest absolute Gasteiger partial charge is 0.252 e. The molecule has 1 atom stereocenters. The van der Waals surface area contributed by atoms with Gasteiger partial charge in [-0.3, -0.25) is 14.3 Å². The zero-order valence-corrected chi connectivity index (χ0v) is 17.2. The number of halogens is 2. The van der Waals surface area contributed by atoms with Gasteiger partial charge in [-0.2, -0.15) is 5.10 Å². The van der Waals surface area contributed by atoms with Crippen LogP contribution in [0, 0.1) is 23.7 Å². The van der Waals surface area contributed by atoms with E-state index in [9.17, 15) is 14.0 Å². The van der Waals surface area contributed by atoms with Gasteiger partial charge in [-0.25, -0.2) is 11.0 Å². The van der Waals surface area contributed by atoms with Gasteiger partial charge in [0.25, 0.3) is 5.91 Å². The van der Waals surface area contributed by atoms with Gasteiger partial charge >= 0.3 is 0 Å². The first-order valence-electron chi connectivity index (χ1n) is 10.0. The Hall–Kier alpha value is -2.72. The molecule has 2 N–H and O–H groups in total. The second kappa shape index (κ2) is 7.84. The van der Waals surface area contributed by atoms with E-state index in [-0.39, 0.29) is 27.7 Å². The van der Waals surface area contributed by atoms with Crippen LogP contribution >= 0.6 is 11.6 Å². The maximum atomic E-state index is 13.6. The Bertz CT molecular complexity index is 1070. The minimum atomic E-state index is -0.636. The molecule has 1 amide bonds. The van der Waals surface area contributed by atoms with Gasteiger partial charge in [0.05, 0.1) is 16.3 Å². The first kappa shape index (κ1) is 20.5. The van der Waals surface area contributed by atoms with Gasteiger partial charge in [-0.1, -0.05) is 18.0 Å². The Morgan fingerprint density at radius 3 is 2.77 bits per heavy atom. The normalized spacial score (nSPS) is 19.4. The zero-order chi connectivity index (χ0) is 21.5. The van der Waals surface area contributed by atoms with E-state index in [0.717, 1.165) is 19.3 Å². The van der Waals surface area contributed by atoms with Gasteiger partial charge in [0, 0.05) is 29.9 Å². The first-order chi connectivity index (χ1) is 14.3. The number of rotatable bonds is 6. The average Bonchev–Trinajstić information content (AvgIpc) is 3.07. The predicted octanol–water partition coefficient (Wildman–Crippen LogP) is 4.05. The molecule has 1 aliphatic heterocycles. The van der Waals surface area contributed by atoms with Gasteiger partial charge < -0.3 is 10.6 Å². The molecule has 2 aromatic rings. The Balaban J connectivity index is 1.62. The van der Waals surface area contributed by atoms with Crippen LogP contribution < -0.4 is 5.73 Å². The molecule has 1 aliphatic carbocycles. The summed E-state index contributed by atoms with van der Waals surface area (Å²) in [6, 6.07) is 4.16. The monoisotopic (exact) mass is 428 g/mol. The Morgan fingerprint density at radius 2 is 2.17 bits per heavy atom. The van der Waals surface area contributed by atoms with Crippen molar-refractivity contribution < 1.29 is 14.0 Å². The Morgan fingerprint density at radius 1 is 1.40 bits per heavy atom. The van der Waals surface area contributed by atoms with Crippen LogP contribution in [0.5, 0.6) is 0 Å². The number of Topliss-reactive ketones (excluding diaryl/α,β-unsaturated/α-hetero) is 1. The quantitative estimate of drug-likeness (QED) is 0.704. The van der Waals surface area contributed by atoms with Crippen LogP contribution in [0.2, 0.25) is 5.02 Å². The van der Waals surface area contributed by atoms with Crippen molar-refractivity contribution >= 4 is 23.3 Å². The van der Waals surface area contributed by atoms with Crippen molar-refractivity contribution in [2.24, 2.45) is 17.1 Å². The van der Waals surface area contributed by atoms with Crippen LogP contribution in [0.1, 0.15) is 48.2 Å². The highest BCUT2D eigenvalue weighted by atomic mass is 35.5. The van der Waals surface area contributed by atoms with Gasteiger partial charge in [0.15, 0.2) is 0 Å². The molecule has 1 aromatic heterocycles. The SMILES string of the molecule is [C-]#[N+]CC1(CC(=O)C2CCn3nc(-c4ccc(F)c(Cl)c4)c(C(N)=O)c3C2)CCC1. The third kappa shape index (κ3) is 3.61. The molecule has 0 spiro atoms. The lowest BCUT2D eigenvalue weighted by Gasteiger charge is -2.38. The number of fused-ring (bicyclic) bond motifs is 1. The van der Waals surface area contributed by atoms with Crippen molar-refractivity contribution in [3.05, 3.63) is 51.7 Å². The van der Waals surface area contributed by atoms with Crippen LogP contribution in [0.25, 0.3) is 16.1 Å². The van der Waals surface area contributed by atoms with E-state index < -0.39 is 11.7 Å². The molecular weight excluding hydrogens is 407 g/mol. The number of carbonyl (C=O) groups is 2. The van der Waals surface area contributed by atoms with Crippen LogP contribution in [-0.2, 0) is 17.8 Å². The summed E-state index contributed by atoms with van der Waals surface area (Å²) < 4.78 is 15.3. The van der Waals surface area contributed by atoms with Crippen molar-refractivity contribution in [2.75, 3.05) is 6.54 Å². The summed E-state index contributed by atoms with van der Waals surface area (Å²) in [6.07, 6.45) is 4.34. The highest BCUT2D eigenvalue weighted by molar-refractivity contribution is 6.31. The number of primary amides is 1. The number of benzene rings is 1. The van der Waals surface area contributed by atoms with Crippen molar-refractivity contribution in [1.29, 1.82) is 0 Å². The number of nitrogens with two attached hydrogens (primary N) is 1. The second-order valence-electron chi connectivity index (χ2n) is 8.39. The van der Waals surface area contributed by atoms with Gasteiger partial charge in [-0.05, 0) is 43.9 Å². The lowest BCUT2D eigenvalue weighted by molar-refractivity contribution is -0.127. The molecule has 1 aromatic carbocycles. The van der Waals surface area contributed by atoms with Gasteiger partial charge in [0.2, 0.25) is 6.54 Å². The number of amides is 1. The third-order valence-corrected chi connectivity index (χ3v) is 6.75. The van der Waals surface area contributed by atoms with Crippen molar-refractivity contribution in [1.82, 2.24) is 9.78 Å². The lowest BCUT2D eigenvalue weighted by atomic mass is 9.64. The van der Waals surface area contributed by atoms with E-state index in [1.807, 2.05) is 0 Å². The lowest BCUT2D eigenvalue weighted by Crippen LogP contribution is -2.38. The molecule has 0 radical (unpaired) electrons. The van der Waals surface area contributed by atoms with E-state index in [1.54, 1.807) is 4.68 Å². The average molecular weight is 429 g/mol. The van der Waals surface area contributed by atoms with Crippen LogP contribution in [0.4, 0.5) is 4.39 Å². The maximum Gasteiger partial charge on any atom is 0.252 e. The van der Waals surface area contributed by atoms with Crippen LogP contribution in [0.3, 0.4) is 0 Å². The molecule has 8 heteroatoms. The fraction of sp³-hybridized carbons (Fsp3) is 0.455. The third-order valence-electron chi connectivity index (χ3n) is 6.46. The predicted molar refractivity (Wildman–Crippen MR) is 110 cm³/mol. The molecule has 0 saturated heterocycles. The number of hydrogen-bond acceptors (Lipinski definition) is 3. The number of ketones is 1. The second-order valence-corrected chi connectivity index (χ2v) is 8.80. The summed E-state index contributed by atoms with van der Waals surface area (Å²) in [5, 5.41) is 4.46. The Labute approximate surface area is 179 Å². The van der Waals surface area contributed by atoms with E-state index in [4.69, 9.17) is 23.9 Å². The number of carbonyl (C=O) groups excluding carboxylic acids is 2. The highest BCUT2D eigenvalue weighted by Gasteiger charge is 2.43. The van der Waals surface area contributed by atoms with Crippen molar-refractivity contribution in [3.8, 4) is 11.3 Å². The molecule has 156 valence electrons. The van der Waals surface area contributed by atoms with Crippen molar-refractivity contribution in [3.63, 3.8) is 0 Å². The van der Waals surface area contributed by atoms with Gasteiger partial charge in [-0.15, -0.1) is 0 Å². The minimum Gasteiger partial charge on any atom is -0.365 e. The molecule has 1 unspecified atom stereocenters. The topological polar surface area (TPSA) is 82.3 Å². The standard InChI is InChI=1S/C22H22ClFN4O2/c1-26-12-22(6-2-7-22)11-18(29)13-5-8-28-17(10-13)19(21(25)30)20(27-28)14-3-4-16(24)15(23)9-14/h3-4,9,13H,2,5-8,10-12H2,(H2,25,30). The van der Waals surface area contributed by atoms with Crippen molar-refractivity contribution in [2.45, 2.75) is 45.1 Å². The molecule has 4 rings (SSSR count). The minimum absolute atomic E-state index is 0.0625. The number of hydrogen-bond donors (Lipinski definition) is 1. The summed E-state index contributed by atoms with van der Waals surface area (Å²) in [5.74, 6) is -1.27. The zero-order valence-electron chi connectivity index (χ0n) is 16.5. The highest BCUT2D eigenvalue weighted by Crippen LogP contribution is 2.45. The number of aryl methyl sites for hydroxylation is 1. The maximum absolute atomic E-state index is 13.6. The van der Waals surface area contributed by atoms with E-state index in [2.05, 4.69) is 9.94 Å². The van der Waals surface area contributed by atoms with Crippen LogP contribution in [-0.4, -0.2) is 28.0 Å². The molecule has 2 heterocycles. The number of nitrogens with zero attached hydrogens (tertiary/aromatic N) is 3. The Kier molecular flexibility index (Phi) is 5.37. The molecule has 1 fully saturated rings. The number of aromatic nitrogens is 2. The summed E-state index contributed by atoms with van der Waals surface area (Å²) in [5.41, 5.74) is 7.25. The fourth-order valence-corrected chi connectivity index (χ4v) is 4.81. The largest absolute Gasteiger partial charge is 0.365 e. The van der Waals surface area contributed by atoms with E-state index in [1.165, 1.54) is 18.2 Å². The van der Waals surface area contributed by atoms with E-state index >= 15 is 0 Å². The molecule has 1 saturated carbocycles. The first-order valence-corrected chi connectivity index (χ1v) is 10.4. The summed E-state index contributed by atoms with van der Waals surface area (Å²) in [6.45, 7) is 8.08. The summed E-state index contributed by atoms with van der Waals surface area (Å²) in [4.78, 5) is 28.8. The molecule has 30 heavy (non-hydrogen) atoms. The molecule has 2 aliphatic rings. The van der Waals surface area contributed by atoms with Gasteiger partial charge in [0.1, 0.15) is 17.3 Å². The van der Waals surface area contributed by atoms with Crippen LogP contribution in [0.15, 0.2) is 18.2 Å². The summed E-state index contributed by atoms with van der Waals surface area (Å²) in [7, 11) is 0. The molecule has 6 nitrogen and oxygen atoms in total. The fourth-order valence-electron chi connectivity index (χ4n) is 4.63. The summed E-state index contributed by atoms with van der Waals surface area (Å²) >= 11 is 5.90.